The summed E-state index contributed by atoms with van der Waals surface area (Å²) in [6.07, 6.45) is 3.55. The molecule has 0 aromatic carbocycles. The molecular weight excluding hydrogens is 186 g/mol. The number of fused-ring (bicyclic) bond motifs is 1. The van der Waals surface area contributed by atoms with Crippen molar-refractivity contribution in [2.24, 2.45) is 4.99 Å². The maximum atomic E-state index is 4.32. The van der Waals surface area contributed by atoms with Crippen LogP contribution in [0.1, 0.15) is 26.3 Å². The normalized spacial score (nSPS) is 15.4. The van der Waals surface area contributed by atoms with Crippen LogP contribution in [0.2, 0.25) is 0 Å². The summed E-state index contributed by atoms with van der Waals surface area (Å²) in [5.74, 6) is 0.753. The molecule has 0 spiro atoms. The first-order valence-electron chi connectivity index (χ1n) is 4.98. The Morgan fingerprint density at radius 2 is 2.07 bits per heavy atom. The average Bonchev–Trinajstić information content (AvgIpc) is 2.16. The highest BCUT2D eigenvalue weighted by Crippen LogP contribution is 2.32. The predicted octanol–water partition coefficient (Wildman–Crippen LogP) is 2.83. The maximum absolute atomic E-state index is 4.32. The van der Waals surface area contributed by atoms with Gasteiger partial charge in [-0.25, -0.2) is 9.98 Å². The first-order chi connectivity index (χ1) is 7.00. The molecule has 0 amide bonds. The van der Waals surface area contributed by atoms with Gasteiger partial charge in [0.2, 0.25) is 0 Å². The summed E-state index contributed by atoms with van der Waals surface area (Å²) >= 11 is 0. The van der Waals surface area contributed by atoms with E-state index in [2.05, 4.69) is 42.2 Å². The Balaban J connectivity index is 2.46. The molecule has 0 saturated heterocycles. The molecule has 0 radical (unpaired) electrons. The third kappa shape index (κ3) is 1.65. The van der Waals surface area contributed by atoms with Crippen molar-refractivity contribution in [2.75, 3.05) is 0 Å². The quantitative estimate of drug-likeness (QED) is 0.645. The number of hydrogen-bond donors (Lipinski definition) is 0. The largest absolute Gasteiger partial charge is 0.327 e. The van der Waals surface area contributed by atoms with Crippen molar-refractivity contribution in [3.8, 4) is 0 Å². The Kier molecular flexibility index (Phi) is 2.11. The van der Waals surface area contributed by atoms with Gasteiger partial charge in [-0.3, -0.25) is 0 Å². The van der Waals surface area contributed by atoms with Crippen LogP contribution in [0.5, 0.6) is 0 Å². The van der Waals surface area contributed by atoms with Gasteiger partial charge in [0.05, 0.1) is 6.34 Å². The molecule has 1 aliphatic heterocycles. The molecule has 0 unspecified atom stereocenters. The molecule has 0 fully saturated rings. The van der Waals surface area contributed by atoms with Crippen molar-refractivity contribution in [3.63, 3.8) is 0 Å². The summed E-state index contributed by atoms with van der Waals surface area (Å²) in [5.41, 5.74) is 1.96. The van der Waals surface area contributed by atoms with E-state index < -0.39 is 0 Å². The van der Waals surface area contributed by atoms with E-state index in [0.29, 0.717) is 0 Å². The number of nitrogens with zero attached hydrogens (tertiary/aromatic N) is 3. The maximum Gasteiger partial charge on any atom is 0.162 e. The molecule has 0 aliphatic carbocycles. The average molecular weight is 201 g/mol. The predicted molar refractivity (Wildman–Crippen MR) is 63.0 cm³/mol. The zero-order valence-corrected chi connectivity index (χ0v) is 9.36. The van der Waals surface area contributed by atoms with E-state index in [1.165, 1.54) is 0 Å². The number of pyridine rings is 1. The fraction of sp³-hybridized carbons (Fsp3) is 0.333. The number of hydrogen-bond acceptors (Lipinski definition) is 3. The van der Waals surface area contributed by atoms with E-state index >= 15 is 0 Å². The van der Waals surface area contributed by atoms with Crippen LogP contribution in [-0.2, 0) is 0 Å². The highest BCUT2D eigenvalue weighted by Gasteiger charge is 2.26. The van der Waals surface area contributed by atoms with Gasteiger partial charge in [0, 0.05) is 23.0 Å². The van der Waals surface area contributed by atoms with Crippen molar-refractivity contribution >= 4 is 17.9 Å². The second kappa shape index (κ2) is 3.19. The second-order valence-corrected chi connectivity index (χ2v) is 4.61. The Bertz CT molecular complexity index is 427. The molecule has 15 heavy (non-hydrogen) atoms. The van der Waals surface area contributed by atoms with Gasteiger partial charge in [-0.1, -0.05) is 6.58 Å². The highest BCUT2D eigenvalue weighted by molar-refractivity contribution is 5.85. The summed E-state index contributed by atoms with van der Waals surface area (Å²) in [5, 5.41) is 0. The summed E-state index contributed by atoms with van der Waals surface area (Å²) in [4.78, 5) is 10.6. The number of aliphatic imine (C=N–C) groups is 1. The summed E-state index contributed by atoms with van der Waals surface area (Å²) in [6, 6.07) is 3.91. The summed E-state index contributed by atoms with van der Waals surface area (Å²) < 4.78 is 0. The van der Waals surface area contributed by atoms with Gasteiger partial charge in [0.1, 0.15) is 0 Å². The molecule has 1 aliphatic rings. The Labute approximate surface area is 90.2 Å². The molecule has 78 valence electrons. The third-order valence-corrected chi connectivity index (χ3v) is 2.41. The van der Waals surface area contributed by atoms with Crippen LogP contribution in [0, 0.1) is 0 Å². The lowest BCUT2D eigenvalue weighted by molar-refractivity contribution is 0.334. The molecule has 0 N–H and O–H groups in total. The smallest absolute Gasteiger partial charge is 0.162 e. The zero-order valence-electron chi connectivity index (χ0n) is 9.36. The minimum absolute atomic E-state index is 0.00584. The molecule has 1 aromatic rings. The molecule has 3 heteroatoms. The molecule has 2 rings (SSSR count). The molecule has 0 saturated carbocycles. The van der Waals surface area contributed by atoms with Crippen molar-refractivity contribution in [1.82, 2.24) is 9.88 Å². The van der Waals surface area contributed by atoms with Crippen LogP contribution < -0.4 is 0 Å². The Hall–Kier alpha value is -1.64. The molecule has 1 aromatic heterocycles. The van der Waals surface area contributed by atoms with Crippen molar-refractivity contribution in [2.45, 2.75) is 26.3 Å². The lowest BCUT2D eigenvalue weighted by Gasteiger charge is -2.37. The number of aromatic nitrogens is 1. The van der Waals surface area contributed by atoms with Crippen molar-refractivity contribution in [1.29, 1.82) is 0 Å². The zero-order chi connectivity index (χ0) is 11.1. The third-order valence-electron chi connectivity index (χ3n) is 2.41. The van der Waals surface area contributed by atoms with Crippen LogP contribution in [0.15, 0.2) is 29.9 Å². The van der Waals surface area contributed by atoms with E-state index in [-0.39, 0.29) is 5.54 Å². The van der Waals surface area contributed by atoms with E-state index in [1.807, 2.05) is 12.1 Å². The fourth-order valence-electron chi connectivity index (χ4n) is 1.62. The van der Waals surface area contributed by atoms with E-state index in [4.69, 9.17) is 0 Å². The Morgan fingerprint density at radius 1 is 1.33 bits per heavy atom. The van der Waals surface area contributed by atoms with E-state index in [9.17, 15) is 0 Å². The molecule has 3 nitrogen and oxygen atoms in total. The summed E-state index contributed by atoms with van der Waals surface area (Å²) in [7, 11) is 0. The van der Waals surface area contributed by atoms with Crippen molar-refractivity contribution < 1.29 is 0 Å². The van der Waals surface area contributed by atoms with Gasteiger partial charge >= 0.3 is 0 Å². The topological polar surface area (TPSA) is 28.5 Å². The Morgan fingerprint density at radius 3 is 2.73 bits per heavy atom. The first-order valence-corrected chi connectivity index (χ1v) is 4.98. The monoisotopic (exact) mass is 201 g/mol. The van der Waals surface area contributed by atoms with Gasteiger partial charge < -0.3 is 4.90 Å². The SMILES string of the molecule is C=C1c2cccnc2N=CN1C(C)(C)C. The fourth-order valence-corrected chi connectivity index (χ4v) is 1.62. The van der Waals surface area contributed by atoms with Gasteiger partial charge in [-0.05, 0) is 32.9 Å². The van der Waals surface area contributed by atoms with E-state index in [1.54, 1.807) is 12.5 Å². The highest BCUT2D eigenvalue weighted by atomic mass is 15.2. The van der Waals surface area contributed by atoms with Gasteiger partial charge in [0.15, 0.2) is 5.82 Å². The van der Waals surface area contributed by atoms with Crippen LogP contribution in [0.3, 0.4) is 0 Å². The molecular formula is C12H15N3. The van der Waals surface area contributed by atoms with Crippen LogP contribution in [0.4, 0.5) is 5.82 Å². The molecule has 0 atom stereocenters. The van der Waals surface area contributed by atoms with Gasteiger partial charge in [-0.15, -0.1) is 0 Å². The van der Waals surface area contributed by atoms with E-state index in [0.717, 1.165) is 17.1 Å². The van der Waals surface area contributed by atoms with Gasteiger partial charge in [0.25, 0.3) is 0 Å². The van der Waals surface area contributed by atoms with Crippen LogP contribution >= 0.6 is 0 Å². The second-order valence-electron chi connectivity index (χ2n) is 4.61. The lowest BCUT2D eigenvalue weighted by atomic mass is 10.0. The number of rotatable bonds is 0. The minimum Gasteiger partial charge on any atom is -0.327 e. The molecule has 2 heterocycles. The standard InChI is InChI=1S/C12H15N3/c1-9-10-6-5-7-13-11(10)14-8-15(9)12(2,3)4/h5-8H,1H2,2-4H3. The van der Waals surface area contributed by atoms with Gasteiger partial charge in [-0.2, -0.15) is 0 Å². The van der Waals surface area contributed by atoms with Crippen LogP contribution in [0.25, 0.3) is 5.70 Å². The summed E-state index contributed by atoms with van der Waals surface area (Å²) in [6.45, 7) is 10.5. The minimum atomic E-state index is -0.00584. The lowest BCUT2D eigenvalue weighted by Crippen LogP contribution is -2.39. The van der Waals surface area contributed by atoms with Crippen LogP contribution in [-0.4, -0.2) is 21.8 Å². The van der Waals surface area contributed by atoms with Crippen molar-refractivity contribution in [3.05, 3.63) is 30.5 Å². The first kappa shape index (κ1) is 9.90. The molecule has 0 bridgehead atoms.